The highest BCUT2D eigenvalue weighted by Gasteiger charge is 2.45. The first-order valence-corrected chi connectivity index (χ1v) is 8.95. The van der Waals surface area contributed by atoms with Gasteiger partial charge in [-0.25, -0.2) is 0 Å². The molecule has 1 saturated heterocycles. The number of ether oxygens (including phenoxy) is 2. The first kappa shape index (κ1) is 19.8. The predicted molar refractivity (Wildman–Crippen MR) is 98.3 cm³/mol. The number of hydrogen-bond acceptors (Lipinski definition) is 4. The number of piperidine rings is 1. The number of para-hydroxylation sites is 1. The molecule has 1 aliphatic heterocycles. The number of rotatable bonds is 5. The van der Waals surface area contributed by atoms with Crippen LogP contribution in [-0.4, -0.2) is 43.6 Å². The van der Waals surface area contributed by atoms with Crippen molar-refractivity contribution in [2.75, 3.05) is 20.2 Å². The summed E-state index contributed by atoms with van der Waals surface area (Å²) in [6.45, 7) is -2.42. The molecule has 1 amide bonds. The largest absolute Gasteiger partial charge is 0.468 e. The topological polar surface area (TPSA) is 55.8 Å². The monoisotopic (exact) mass is 389 g/mol. The summed E-state index contributed by atoms with van der Waals surface area (Å²) in [6.07, 6.45) is 0.764. The molecule has 1 fully saturated rings. The van der Waals surface area contributed by atoms with Crippen LogP contribution in [0.3, 0.4) is 0 Å². The van der Waals surface area contributed by atoms with Crippen molar-refractivity contribution in [2.24, 2.45) is 0 Å². The van der Waals surface area contributed by atoms with Crippen LogP contribution in [0.1, 0.15) is 28.8 Å². The molecule has 0 atom stereocenters. The van der Waals surface area contributed by atoms with Crippen LogP contribution in [0.5, 0.6) is 5.75 Å². The summed E-state index contributed by atoms with van der Waals surface area (Å²) in [5.74, 6) is -0.898. The number of nitrogens with zero attached hydrogens (tertiary/aromatic N) is 1. The lowest BCUT2D eigenvalue weighted by atomic mass is 9.72. The Hall–Kier alpha value is -2.96. The lowest BCUT2D eigenvalue weighted by Crippen LogP contribution is -2.49. The van der Waals surface area contributed by atoms with Crippen LogP contribution in [0.25, 0.3) is 0 Å². The van der Waals surface area contributed by atoms with E-state index >= 15 is 0 Å². The van der Waals surface area contributed by atoms with Gasteiger partial charge in [-0.05, 0) is 30.5 Å². The second kappa shape index (κ2) is 8.37. The van der Waals surface area contributed by atoms with Crippen LogP contribution >= 0.6 is 0 Å². The number of carbonyl (C=O) groups excluding carboxylic acids is 2. The molecule has 7 heteroatoms. The van der Waals surface area contributed by atoms with E-state index in [0.29, 0.717) is 25.9 Å². The number of alkyl halides is 2. The zero-order chi connectivity index (χ0) is 20.1. The van der Waals surface area contributed by atoms with Crippen LogP contribution in [0.2, 0.25) is 0 Å². The summed E-state index contributed by atoms with van der Waals surface area (Å²) in [7, 11) is 1.35. The normalized spacial score (nSPS) is 15.9. The third-order valence-corrected chi connectivity index (χ3v) is 5.14. The molecule has 0 aliphatic carbocycles. The number of hydrogen-bond donors (Lipinski definition) is 0. The van der Waals surface area contributed by atoms with E-state index < -0.39 is 17.9 Å². The molecule has 28 heavy (non-hydrogen) atoms. The average molecular weight is 389 g/mol. The zero-order valence-electron chi connectivity index (χ0n) is 15.4. The van der Waals surface area contributed by atoms with E-state index in [1.165, 1.54) is 25.3 Å². The summed E-state index contributed by atoms with van der Waals surface area (Å²) in [5.41, 5.74) is 0.0923. The molecule has 1 heterocycles. The Morgan fingerprint density at radius 2 is 1.61 bits per heavy atom. The van der Waals surface area contributed by atoms with E-state index in [4.69, 9.17) is 4.74 Å². The van der Waals surface area contributed by atoms with Crippen molar-refractivity contribution < 1.29 is 27.8 Å². The van der Waals surface area contributed by atoms with Gasteiger partial charge in [0.15, 0.2) is 0 Å². The SMILES string of the molecule is COC(=O)C1(c2ccccc2)CCN(C(=O)c2ccccc2OC(F)F)CC1. The van der Waals surface area contributed by atoms with Crippen molar-refractivity contribution >= 4 is 11.9 Å². The fourth-order valence-electron chi connectivity index (χ4n) is 3.67. The number of amides is 1. The van der Waals surface area contributed by atoms with Crippen LogP contribution in [0.4, 0.5) is 8.78 Å². The van der Waals surface area contributed by atoms with Crippen molar-refractivity contribution in [1.82, 2.24) is 4.90 Å². The number of methoxy groups -OCH3 is 1. The molecule has 2 aromatic rings. The third kappa shape index (κ3) is 3.83. The molecule has 0 spiro atoms. The Labute approximate surface area is 161 Å². The minimum atomic E-state index is -3.01. The standard InChI is InChI=1S/C21H21F2NO4/c1-27-19(26)21(15-7-3-2-4-8-15)11-13-24(14-12-21)18(25)16-9-5-6-10-17(16)28-20(22)23/h2-10,20H,11-14H2,1H3. The maximum Gasteiger partial charge on any atom is 0.387 e. The van der Waals surface area contributed by atoms with E-state index in [9.17, 15) is 18.4 Å². The van der Waals surface area contributed by atoms with E-state index in [-0.39, 0.29) is 17.3 Å². The van der Waals surface area contributed by atoms with E-state index in [1.807, 2.05) is 30.3 Å². The van der Waals surface area contributed by atoms with Crippen molar-refractivity contribution in [1.29, 1.82) is 0 Å². The maximum absolute atomic E-state index is 12.9. The van der Waals surface area contributed by atoms with Crippen molar-refractivity contribution in [3.63, 3.8) is 0 Å². The van der Waals surface area contributed by atoms with Crippen LogP contribution in [0.15, 0.2) is 54.6 Å². The van der Waals surface area contributed by atoms with E-state index in [1.54, 1.807) is 11.0 Å². The molecule has 0 aromatic heterocycles. The molecule has 2 aromatic carbocycles. The lowest BCUT2D eigenvalue weighted by molar-refractivity contribution is -0.149. The van der Waals surface area contributed by atoms with Gasteiger partial charge in [-0.1, -0.05) is 42.5 Å². The number of esters is 1. The second-order valence-corrected chi connectivity index (χ2v) is 6.61. The van der Waals surface area contributed by atoms with Gasteiger partial charge in [-0.2, -0.15) is 8.78 Å². The highest BCUT2D eigenvalue weighted by atomic mass is 19.3. The number of carbonyl (C=O) groups is 2. The van der Waals surface area contributed by atoms with Gasteiger partial charge in [0.2, 0.25) is 0 Å². The summed E-state index contributed by atoms with van der Waals surface area (Å²) in [6, 6.07) is 15.3. The summed E-state index contributed by atoms with van der Waals surface area (Å²) >= 11 is 0. The molecule has 0 bridgehead atoms. The Kier molecular flexibility index (Phi) is 5.92. The second-order valence-electron chi connectivity index (χ2n) is 6.61. The van der Waals surface area contributed by atoms with Crippen molar-refractivity contribution in [3.05, 3.63) is 65.7 Å². The maximum atomic E-state index is 12.9. The molecule has 0 N–H and O–H groups in total. The summed E-state index contributed by atoms with van der Waals surface area (Å²) in [4.78, 5) is 27.0. The first-order valence-electron chi connectivity index (χ1n) is 8.95. The fourth-order valence-corrected chi connectivity index (χ4v) is 3.67. The molecule has 0 saturated carbocycles. The molecular formula is C21H21F2NO4. The molecular weight excluding hydrogens is 368 g/mol. The Morgan fingerprint density at radius 3 is 2.21 bits per heavy atom. The highest BCUT2D eigenvalue weighted by molar-refractivity contribution is 5.97. The number of benzene rings is 2. The third-order valence-electron chi connectivity index (χ3n) is 5.14. The molecule has 3 rings (SSSR count). The quantitative estimate of drug-likeness (QED) is 0.733. The van der Waals surface area contributed by atoms with E-state index in [2.05, 4.69) is 4.74 Å². The molecule has 1 aliphatic rings. The smallest absolute Gasteiger partial charge is 0.387 e. The summed E-state index contributed by atoms with van der Waals surface area (Å²) < 4.78 is 34.8. The molecule has 0 unspecified atom stereocenters. The van der Waals surface area contributed by atoms with Gasteiger partial charge in [-0.3, -0.25) is 9.59 Å². The Balaban J connectivity index is 1.81. The van der Waals surface area contributed by atoms with Crippen molar-refractivity contribution in [2.45, 2.75) is 24.9 Å². The Bertz CT molecular complexity index is 833. The van der Waals surface area contributed by atoms with Gasteiger partial charge >= 0.3 is 12.6 Å². The number of likely N-dealkylation sites (tertiary alicyclic amines) is 1. The van der Waals surface area contributed by atoms with Gasteiger partial charge in [-0.15, -0.1) is 0 Å². The first-order chi connectivity index (χ1) is 13.5. The predicted octanol–water partition coefficient (Wildman–Crippen LogP) is 3.64. The summed E-state index contributed by atoms with van der Waals surface area (Å²) in [5, 5.41) is 0. The van der Waals surface area contributed by atoms with Crippen molar-refractivity contribution in [3.8, 4) is 5.75 Å². The van der Waals surface area contributed by atoms with E-state index in [0.717, 1.165) is 5.56 Å². The molecule has 5 nitrogen and oxygen atoms in total. The van der Waals surface area contributed by atoms with Gasteiger partial charge in [0, 0.05) is 13.1 Å². The minimum Gasteiger partial charge on any atom is -0.468 e. The Morgan fingerprint density at radius 1 is 1.00 bits per heavy atom. The van der Waals surface area contributed by atoms with Gasteiger partial charge < -0.3 is 14.4 Å². The number of halogens is 2. The average Bonchev–Trinajstić information content (AvgIpc) is 2.73. The van der Waals surface area contributed by atoms with Gasteiger partial charge in [0.05, 0.1) is 18.1 Å². The lowest BCUT2D eigenvalue weighted by Gasteiger charge is -2.40. The zero-order valence-corrected chi connectivity index (χ0v) is 15.4. The minimum absolute atomic E-state index is 0.0769. The van der Waals surface area contributed by atoms with Crippen LogP contribution in [-0.2, 0) is 14.9 Å². The molecule has 148 valence electrons. The van der Waals surface area contributed by atoms with Gasteiger partial charge in [0.25, 0.3) is 5.91 Å². The molecule has 0 radical (unpaired) electrons. The van der Waals surface area contributed by atoms with Crippen LogP contribution < -0.4 is 4.74 Å². The fraction of sp³-hybridized carbons (Fsp3) is 0.333. The highest BCUT2D eigenvalue weighted by Crippen LogP contribution is 2.37. The van der Waals surface area contributed by atoms with Gasteiger partial charge in [0.1, 0.15) is 5.75 Å². The van der Waals surface area contributed by atoms with Crippen LogP contribution in [0, 0.1) is 0 Å².